The number of para-hydroxylation sites is 2. The van der Waals surface area contributed by atoms with Crippen LogP contribution in [0, 0.1) is 0 Å². The summed E-state index contributed by atoms with van der Waals surface area (Å²) >= 11 is 0. The summed E-state index contributed by atoms with van der Waals surface area (Å²) in [6.45, 7) is 6.42. The number of hydrogen-bond donors (Lipinski definition) is 0. The zero-order chi connectivity index (χ0) is 28.2. The van der Waals surface area contributed by atoms with E-state index in [0.29, 0.717) is 12.0 Å². The van der Waals surface area contributed by atoms with Crippen LogP contribution in [0.3, 0.4) is 0 Å². The Bertz CT molecular complexity index is 2010. The summed E-state index contributed by atoms with van der Waals surface area (Å²) in [6, 6.07) is 33.5. The molecular formula is C38H34N4+2. The number of benzene rings is 3. The van der Waals surface area contributed by atoms with Gasteiger partial charge in [0.25, 0.3) is 0 Å². The van der Waals surface area contributed by atoms with E-state index < -0.39 is 0 Å². The van der Waals surface area contributed by atoms with Crippen LogP contribution in [0.5, 0.6) is 0 Å². The van der Waals surface area contributed by atoms with Crippen molar-refractivity contribution >= 4 is 33.2 Å². The van der Waals surface area contributed by atoms with Gasteiger partial charge in [-0.3, -0.25) is 0 Å². The van der Waals surface area contributed by atoms with Gasteiger partial charge in [-0.05, 0) is 48.7 Å². The van der Waals surface area contributed by atoms with Crippen LogP contribution in [0.4, 0.5) is 5.69 Å². The van der Waals surface area contributed by atoms with Gasteiger partial charge in [0.15, 0.2) is 24.8 Å². The second-order valence-corrected chi connectivity index (χ2v) is 11.3. The molecule has 0 N–H and O–H groups in total. The first-order chi connectivity index (χ1) is 20.7. The van der Waals surface area contributed by atoms with Crippen LogP contribution in [0.15, 0.2) is 134 Å². The van der Waals surface area contributed by atoms with Crippen molar-refractivity contribution in [3.8, 4) is 16.8 Å². The fraction of sp³-hybridized carbons (Fsp3) is 0.158. The lowest BCUT2D eigenvalue weighted by Gasteiger charge is -2.27. The van der Waals surface area contributed by atoms with Crippen LogP contribution in [-0.2, 0) is 6.54 Å². The molecule has 0 radical (unpaired) electrons. The summed E-state index contributed by atoms with van der Waals surface area (Å²) in [6.07, 6.45) is 15.8. The molecule has 204 valence electrons. The van der Waals surface area contributed by atoms with Gasteiger partial charge in [-0.15, -0.1) is 0 Å². The van der Waals surface area contributed by atoms with E-state index >= 15 is 0 Å². The van der Waals surface area contributed by atoms with Crippen molar-refractivity contribution in [3.63, 3.8) is 0 Å². The third kappa shape index (κ3) is 3.82. The molecule has 2 atom stereocenters. The molecule has 8 rings (SSSR count). The number of aromatic nitrogens is 3. The topological polar surface area (TPSA) is 15.9 Å². The van der Waals surface area contributed by atoms with Gasteiger partial charge in [0.2, 0.25) is 11.4 Å². The maximum atomic E-state index is 2.53. The molecule has 0 fully saturated rings. The van der Waals surface area contributed by atoms with Gasteiger partial charge >= 0.3 is 0 Å². The molecule has 2 unspecified atom stereocenters. The van der Waals surface area contributed by atoms with Crippen molar-refractivity contribution in [2.75, 3.05) is 11.4 Å². The quantitative estimate of drug-likeness (QED) is 0.205. The minimum atomic E-state index is 0.363. The molecule has 2 aliphatic rings. The summed E-state index contributed by atoms with van der Waals surface area (Å²) in [5.74, 6) is 0.423. The Morgan fingerprint density at radius 1 is 0.667 bits per heavy atom. The van der Waals surface area contributed by atoms with Crippen LogP contribution in [0.25, 0.3) is 44.3 Å². The van der Waals surface area contributed by atoms with Crippen molar-refractivity contribution in [3.05, 3.63) is 140 Å². The first-order valence-corrected chi connectivity index (χ1v) is 15.0. The molecule has 1 aliphatic heterocycles. The highest BCUT2D eigenvalue weighted by atomic mass is 15.2. The molecule has 42 heavy (non-hydrogen) atoms. The largest absolute Gasteiger partial charge is 0.364 e. The number of anilines is 1. The molecule has 4 heterocycles. The first kappa shape index (κ1) is 24.8. The molecule has 0 saturated carbocycles. The second-order valence-electron chi connectivity index (χ2n) is 11.3. The van der Waals surface area contributed by atoms with Gasteiger partial charge in [0, 0.05) is 89.5 Å². The number of fused-ring (bicyclic) bond motifs is 6. The normalized spacial score (nSPS) is 17.5. The minimum absolute atomic E-state index is 0.363. The molecule has 4 nitrogen and oxygen atoms in total. The lowest BCUT2D eigenvalue weighted by molar-refractivity contribution is -0.595. The van der Waals surface area contributed by atoms with E-state index in [-0.39, 0.29) is 0 Å². The van der Waals surface area contributed by atoms with E-state index in [2.05, 4.69) is 166 Å². The van der Waals surface area contributed by atoms with Gasteiger partial charge in [-0.25, -0.2) is 0 Å². The Kier molecular flexibility index (Phi) is 5.81. The van der Waals surface area contributed by atoms with Crippen molar-refractivity contribution in [1.29, 1.82) is 0 Å². The number of nitrogens with zero attached hydrogens (tertiary/aromatic N) is 4. The van der Waals surface area contributed by atoms with Crippen molar-refractivity contribution < 1.29 is 9.13 Å². The Morgan fingerprint density at radius 2 is 1.36 bits per heavy atom. The van der Waals surface area contributed by atoms with Crippen LogP contribution in [-0.4, -0.2) is 17.2 Å². The average Bonchev–Trinajstić information content (AvgIpc) is 3.56. The molecule has 3 aromatic heterocycles. The van der Waals surface area contributed by atoms with Crippen molar-refractivity contribution in [2.24, 2.45) is 0 Å². The fourth-order valence-electron chi connectivity index (χ4n) is 7.09. The summed E-state index contributed by atoms with van der Waals surface area (Å²) in [5.41, 5.74) is 10.2. The van der Waals surface area contributed by atoms with Crippen LogP contribution in [0.1, 0.15) is 25.3 Å². The number of likely N-dealkylation sites (N-methyl/N-ethyl adjacent to an activating group) is 1. The highest BCUT2D eigenvalue weighted by molar-refractivity contribution is 6.08. The molecule has 1 aliphatic carbocycles. The number of rotatable bonds is 5. The number of aryl methyl sites for hydroxylation is 1. The molecular weight excluding hydrogens is 512 g/mol. The Balaban J connectivity index is 1.05. The number of hydrogen-bond acceptors (Lipinski definition) is 1. The van der Waals surface area contributed by atoms with Gasteiger partial charge in [-0.1, -0.05) is 42.5 Å². The molecule has 0 bridgehead atoms. The monoisotopic (exact) mass is 546 g/mol. The smallest absolute Gasteiger partial charge is 0.212 e. The first-order valence-electron chi connectivity index (χ1n) is 15.0. The number of pyridine rings is 2. The predicted molar refractivity (Wildman–Crippen MR) is 172 cm³/mol. The molecule has 6 aromatic rings. The third-order valence-corrected chi connectivity index (χ3v) is 9.15. The average molecular weight is 547 g/mol. The van der Waals surface area contributed by atoms with Crippen LogP contribution in [0.2, 0.25) is 0 Å². The molecule has 0 spiro atoms. The Labute approximate surface area is 246 Å². The van der Waals surface area contributed by atoms with Gasteiger partial charge in [0.05, 0.1) is 11.6 Å². The third-order valence-electron chi connectivity index (χ3n) is 9.15. The molecule has 0 amide bonds. The molecule has 4 heteroatoms. The Hall–Kier alpha value is -4.96. The lowest BCUT2D eigenvalue weighted by atomic mass is 9.90. The van der Waals surface area contributed by atoms with E-state index in [1.165, 1.54) is 55.6 Å². The second kappa shape index (κ2) is 9.85. The molecule has 0 saturated heterocycles. The van der Waals surface area contributed by atoms with E-state index in [9.17, 15) is 0 Å². The van der Waals surface area contributed by atoms with Gasteiger partial charge in [-0.2, -0.15) is 9.13 Å². The number of allylic oxidation sites excluding steroid dienone is 2. The van der Waals surface area contributed by atoms with Crippen molar-refractivity contribution in [2.45, 2.75) is 32.4 Å². The maximum absolute atomic E-state index is 2.53. The SMILES string of the molecule is CCN1c2ccccc2C2C=CC([n+]3ccc(-c4cc[n+](-c5ccc6c7ccccc7n(CC)c6c5)cc4)cc3)=CC21. The van der Waals surface area contributed by atoms with Gasteiger partial charge < -0.3 is 9.47 Å². The predicted octanol–water partition coefficient (Wildman–Crippen LogP) is 7.45. The summed E-state index contributed by atoms with van der Waals surface area (Å²) in [5, 5.41) is 2.63. The zero-order valence-electron chi connectivity index (χ0n) is 24.1. The lowest BCUT2D eigenvalue weighted by Crippen LogP contribution is -2.38. The summed E-state index contributed by atoms with van der Waals surface area (Å²) in [7, 11) is 0. The van der Waals surface area contributed by atoms with Crippen molar-refractivity contribution in [1.82, 2.24) is 4.57 Å². The van der Waals surface area contributed by atoms with E-state index in [0.717, 1.165) is 13.1 Å². The molecule has 3 aromatic carbocycles. The summed E-state index contributed by atoms with van der Waals surface area (Å²) < 4.78 is 6.85. The van der Waals surface area contributed by atoms with Crippen LogP contribution < -0.4 is 14.0 Å². The van der Waals surface area contributed by atoms with E-state index in [1.807, 2.05) is 0 Å². The fourth-order valence-corrected chi connectivity index (χ4v) is 7.09. The van der Waals surface area contributed by atoms with E-state index in [4.69, 9.17) is 0 Å². The highest BCUT2D eigenvalue weighted by Gasteiger charge is 2.37. The summed E-state index contributed by atoms with van der Waals surface area (Å²) in [4.78, 5) is 2.53. The Morgan fingerprint density at radius 3 is 2.12 bits per heavy atom. The zero-order valence-corrected chi connectivity index (χ0v) is 24.1. The maximum Gasteiger partial charge on any atom is 0.212 e. The standard InChI is InChI=1S/C38H34N4/c1-3-41-35-11-7-5-9-31(35)33-15-13-29(25-37(33)41)39-21-17-27(18-22-39)28-19-23-40(24-20-28)30-14-16-34-32-10-6-8-12-36(32)42(4-2)38(34)26-30/h5-26,33,37H,3-4H2,1-2H3/q+2. The van der Waals surface area contributed by atoms with Gasteiger partial charge in [0.1, 0.15) is 0 Å². The van der Waals surface area contributed by atoms with Crippen LogP contribution >= 0.6 is 0 Å². The minimum Gasteiger partial charge on any atom is -0.364 e. The highest BCUT2D eigenvalue weighted by Crippen LogP contribution is 2.44. The van der Waals surface area contributed by atoms with E-state index in [1.54, 1.807) is 0 Å².